The highest BCUT2D eigenvalue weighted by Gasteiger charge is 1.96. The average molecular weight is 245 g/mol. The van der Waals surface area contributed by atoms with E-state index in [1.165, 1.54) is 9.13 Å². The van der Waals surface area contributed by atoms with Gasteiger partial charge in [-0.25, -0.2) is 0 Å². The zero-order valence-corrected chi connectivity index (χ0v) is 8.13. The quantitative estimate of drug-likeness (QED) is 0.666. The Kier molecular flexibility index (Phi) is 2.72. The number of hydrogen-bond donors (Lipinski definition) is 0. The van der Waals surface area contributed by atoms with Crippen LogP contribution in [-0.4, -0.2) is 0 Å². The maximum Gasteiger partial charge on any atom is 0.0130 e. The smallest absolute Gasteiger partial charge is 0.0130 e. The SMILES string of the molecule is [CH2]C(C)c1ccc(I)cc1. The van der Waals surface area contributed by atoms with Crippen molar-refractivity contribution in [3.05, 3.63) is 40.3 Å². The van der Waals surface area contributed by atoms with Gasteiger partial charge in [0.2, 0.25) is 0 Å². The number of hydrogen-bond acceptors (Lipinski definition) is 0. The summed E-state index contributed by atoms with van der Waals surface area (Å²) in [5, 5.41) is 0. The topological polar surface area (TPSA) is 0 Å². The van der Waals surface area contributed by atoms with E-state index in [1.54, 1.807) is 0 Å². The van der Waals surface area contributed by atoms with Gasteiger partial charge in [-0.1, -0.05) is 19.1 Å². The molecular formula is C9H10I. The molecule has 0 bridgehead atoms. The lowest BCUT2D eigenvalue weighted by Crippen LogP contribution is -1.85. The molecule has 0 heterocycles. The van der Waals surface area contributed by atoms with E-state index in [2.05, 4.69) is 60.7 Å². The van der Waals surface area contributed by atoms with Crippen molar-refractivity contribution >= 4 is 22.6 Å². The third-order valence-corrected chi connectivity index (χ3v) is 2.16. The van der Waals surface area contributed by atoms with Crippen LogP contribution >= 0.6 is 22.6 Å². The minimum Gasteiger partial charge on any atom is -0.0584 e. The molecule has 1 heteroatoms. The van der Waals surface area contributed by atoms with E-state index in [1.807, 2.05) is 0 Å². The minimum absolute atomic E-state index is 0.400. The molecule has 0 aliphatic heterocycles. The van der Waals surface area contributed by atoms with E-state index in [9.17, 15) is 0 Å². The van der Waals surface area contributed by atoms with Crippen LogP contribution in [-0.2, 0) is 0 Å². The number of rotatable bonds is 1. The largest absolute Gasteiger partial charge is 0.0584 e. The van der Waals surface area contributed by atoms with E-state index in [4.69, 9.17) is 0 Å². The molecule has 0 fully saturated rings. The fraction of sp³-hybridized carbons (Fsp3) is 0.222. The second kappa shape index (κ2) is 3.37. The monoisotopic (exact) mass is 245 g/mol. The first-order valence-electron chi connectivity index (χ1n) is 3.28. The van der Waals surface area contributed by atoms with E-state index in [-0.39, 0.29) is 0 Å². The molecule has 0 saturated heterocycles. The van der Waals surface area contributed by atoms with Crippen LogP contribution in [0.25, 0.3) is 0 Å². The highest BCUT2D eigenvalue weighted by Crippen LogP contribution is 2.14. The van der Waals surface area contributed by atoms with Crippen molar-refractivity contribution < 1.29 is 0 Å². The van der Waals surface area contributed by atoms with Crippen LogP contribution in [0, 0.1) is 10.5 Å². The maximum atomic E-state index is 3.94. The van der Waals surface area contributed by atoms with Gasteiger partial charge in [0.15, 0.2) is 0 Å². The minimum atomic E-state index is 0.400. The first kappa shape index (κ1) is 8.05. The second-order valence-corrected chi connectivity index (χ2v) is 3.70. The van der Waals surface area contributed by atoms with Crippen molar-refractivity contribution in [2.75, 3.05) is 0 Å². The van der Waals surface area contributed by atoms with Crippen LogP contribution in [0.3, 0.4) is 0 Å². The predicted octanol–water partition coefficient (Wildman–Crippen LogP) is 3.23. The molecule has 0 N–H and O–H groups in total. The number of benzene rings is 1. The molecule has 1 rings (SSSR count). The number of halogens is 1. The molecule has 0 aliphatic carbocycles. The molecule has 10 heavy (non-hydrogen) atoms. The van der Waals surface area contributed by atoms with Crippen molar-refractivity contribution in [2.24, 2.45) is 0 Å². The molecule has 0 amide bonds. The predicted molar refractivity (Wildman–Crippen MR) is 52.9 cm³/mol. The van der Waals surface area contributed by atoms with Crippen LogP contribution in [0.1, 0.15) is 18.4 Å². The van der Waals surface area contributed by atoms with Gasteiger partial charge in [0.05, 0.1) is 0 Å². The van der Waals surface area contributed by atoms with Crippen molar-refractivity contribution in [2.45, 2.75) is 12.8 Å². The lowest BCUT2D eigenvalue weighted by molar-refractivity contribution is 0.964. The molecule has 1 radical (unpaired) electrons. The van der Waals surface area contributed by atoms with Crippen molar-refractivity contribution in [3.63, 3.8) is 0 Å². The highest BCUT2D eigenvalue weighted by molar-refractivity contribution is 14.1. The summed E-state index contributed by atoms with van der Waals surface area (Å²) in [4.78, 5) is 0. The Balaban J connectivity index is 2.89. The van der Waals surface area contributed by atoms with Crippen LogP contribution in [0.4, 0.5) is 0 Å². The molecule has 0 aromatic heterocycles. The Morgan fingerprint density at radius 1 is 1.30 bits per heavy atom. The normalized spacial score (nSPS) is 10.4. The van der Waals surface area contributed by atoms with Crippen LogP contribution in [0.5, 0.6) is 0 Å². The van der Waals surface area contributed by atoms with Crippen LogP contribution in [0.15, 0.2) is 24.3 Å². The van der Waals surface area contributed by atoms with Crippen molar-refractivity contribution in [1.82, 2.24) is 0 Å². The molecular weight excluding hydrogens is 235 g/mol. The first-order chi connectivity index (χ1) is 4.70. The molecule has 0 nitrogen and oxygen atoms in total. The summed E-state index contributed by atoms with van der Waals surface area (Å²) in [6, 6.07) is 8.47. The summed E-state index contributed by atoms with van der Waals surface area (Å²) in [5.74, 6) is 0.400. The summed E-state index contributed by atoms with van der Waals surface area (Å²) in [6.07, 6.45) is 0. The molecule has 1 aromatic rings. The fourth-order valence-electron chi connectivity index (χ4n) is 0.791. The zero-order valence-electron chi connectivity index (χ0n) is 5.97. The van der Waals surface area contributed by atoms with Crippen LogP contribution in [0.2, 0.25) is 0 Å². The summed E-state index contributed by atoms with van der Waals surface area (Å²) in [5.41, 5.74) is 1.31. The van der Waals surface area contributed by atoms with Gasteiger partial charge >= 0.3 is 0 Å². The summed E-state index contributed by atoms with van der Waals surface area (Å²) >= 11 is 2.30. The fourth-order valence-corrected chi connectivity index (χ4v) is 1.15. The van der Waals surface area contributed by atoms with E-state index in [0.717, 1.165) is 0 Å². The van der Waals surface area contributed by atoms with E-state index in [0.29, 0.717) is 5.92 Å². The Morgan fingerprint density at radius 2 is 1.80 bits per heavy atom. The first-order valence-corrected chi connectivity index (χ1v) is 4.36. The Hall–Kier alpha value is -0.0500. The average Bonchev–Trinajstić information content (AvgIpc) is 1.88. The van der Waals surface area contributed by atoms with Gasteiger partial charge in [-0.15, -0.1) is 0 Å². The third-order valence-electron chi connectivity index (χ3n) is 1.44. The van der Waals surface area contributed by atoms with E-state index < -0.39 is 0 Å². The molecule has 0 spiro atoms. The van der Waals surface area contributed by atoms with Crippen molar-refractivity contribution in [1.29, 1.82) is 0 Å². The van der Waals surface area contributed by atoms with Gasteiger partial charge in [-0.3, -0.25) is 0 Å². The van der Waals surface area contributed by atoms with Gasteiger partial charge in [0.1, 0.15) is 0 Å². The Morgan fingerprint density at radius 3 is 2.20 bits per heavy atom. The van der Waals surface area contributed by atoms with E-state index >= 15 is 0 Å². The highest BCUT2D eigenvalue weighted by atomic mass is 127. The van der Waals surface area contributed by atoms with Gasteiger partial charge in [0.25, 0.3) is 0 Å². The molecule has 53 valence electrons. The molecule has 1 aromatic carbocycles. The summed E-state index contributed by atoms with van der Waals surface area (Å²) < 4.78 is 1.28. The molecule has 1 atom stereocenters. The Bertz CT molecular complexity index is 198. The Labute approximate surface area is 75.8 Å². The lowest BCUT2D eigenvalue weighted by atomic mass is 10.0. The molecule has 0 aliphatic rings. The molecule has 1 unspecified atom stereocenters. The summed E-state index contributed by atoms with van der Waals surface area (Å²) in [6.45, 7) is 6.04. The maximum absolute atomic E-state index is 3.94. The van der Waals surface area contributed by atoms with Crippen LogP contribution < -0.4 is 0 Å². The van der Waals surface area contributed by atoms with Gasteiger partial charge < -0.3 is 0 Å². The molecule has 0 saturated carbocycles. The van der Waals surface area contributed by atoms with Crippen molar-refractivity contribution in [3.8, 4) is 0 Å². The second-order valence-electron chi connectivity index (χ2n) is 2.45. The standard InChI is InChI=1S/C9H10I/c1-7(2)8-3-5-9(10)6-4-8/h3-7H,1H2,2H3. The summed E-state index contributed by atoms with van der Waals surface area (Å²) in [7, 11) is 0. The van der Waals surface area contributed by atoms with Gasteiger partial charge in [-0.2, -0.15) is 0 Å². The zero-order chi connectivity index (χ0) is 7.56. The third kappa shape index (κ3) is 1.97. The van der Waals surface area contributed by atoms with Gasteiger partial charge in [0, 0.05) is 3.57 Å². The lowest BCUT2D eigenvalue weighted by Gasteiger charge is -2.03. The van der Waals surface area contributed by atoms with Gasteiger partial charge in [-0.05, 0) is 53.1 Å².